The number of nitrogens with zero attached hydrogens (tertiary/aromatic N) is 6. The third kappa shape index (κ3) is 6.80. The molecule has 0 spiro atoms. The van der Waals surface area contributed by atoms with Crippen LogP contribution in [-0.4, -0.2) is 61.4 Å². The molecule has 2 aliphatic heterocycles. The highest BCUT2D eigenvalue weighted by molar-refractivity contribution is 6.04. The highest BCUT2D eigenvalue weighted by Crippen LogP contribution is 2.42. The van der Waals surface area contributed by atoms with Crippen LogP contribution in [0.1, 0.15) is 72.5 Å². The van der Waals surface area contributed by atoms with E-state index in [0.29, 0.717) is 55.3 Å². The molecule has 7 rings (SSSR count). The van der Waals surface area contributed by atoms with Gasteiger partial charge in [0.05, 0.1) is 0 Å². The van der Waals surface area contributed by atoms with Crippen LogP contribution >= 0.6 is 0 Å². The van der Waals surface area contributed by atoms with Gasteiger partial charge in [-0.3, -0.25) is 14.5 Å². The van der Waals surface area contributed by atoms with Crippen LogP contribution in [0.15, 0.2) is 53.7 Å². The van der Waals surface area contributed by atoms with Gasteiger partial charge in [-0.25, -0.2) is 9.37 Å². The van der Waals surface area contributed by atoms with E-state index < -0.39 is 5.91 Å². The number of hydrogen-bond donors (Lipinski definition) is 1. The van der Waals surface area contributed by atoms with Crippen molar-refractivity contribution >= 4 is 11.7 Å². The van der Waals surface area contributed by atoms with E-state index in [1.165, 1.54) is 18.6 Å². The lowest BCUT2D eigenvalue weighted by atomic mass is 9.98. The summed E-state index contributed by atoms with van der Waals surface area (Å²) >= 11 is 0. The number of piperidine rings is 1. The molecule has 1 aliphatic carbocycles. The van der Waals surface area contributed by atoms with E-state index in [-0.39, 0.29) is 16.9 Å². The first-order chi connectivity index (χ1) is 22.4. The summed E-state index contributed by atoms with van der Waals surface area (Å²) in [6.07, 6.45) is 10.9. The van der Waals surface area contributed by atoms with Crippen LogP contribution in [0.5, 0.6) is 0 Å². The van der Waals surface area contributed by atoms with Crippen molar-refractivity contribution < 1.29 is 13.9 Å². The maximum absolute atomic E-state index is 14.5. The van der Waals surface area contributed by atoms with E-state index in [1.807, 2.05) is 19.3 Å². The zero-order chi connectivity index (χ0) is 31.6. The lowest BCUT2D eigenvalue weighted by Crippen LogP contribution is -2.34. The number of aromatic nitrogens is 5. The van der Waals surface area contributed by atoms with Gasteiger partial charge in [-0.15, -0.1) is 10.2 Å². The Morgan fingerprint density at radius 3 is 2.57 bits per heavy atom. The number of benzene rings is 1. The van der Waals surface area contributed by atoms with Crippen LogP contribution in [0.4, 0.5) is 10.2 Å². The van der Waals surface area contributed by atoms with Gasteiger partial charge in [-0.05, 0) is 105 Å². The molecule has 0 bridgehead atoms. The van der Waals surface area contributed by atoms with Gasteiger partial charge in [0, 0.05) is 56.7 Å². The fourth-order valence-corrected chi connectivity index (χ4v) is 6.69. The molecule has 46 heavy (non-hydrogen) atoms. The Kier molecular flexibility index (Phi) is 8.77. The summed E-state index contributed by atoms with van der Waals surface area (Å²) in [5.41, 5.74) is 3.75. The third-order valence-electron chi connectivity index (χ3n) is 9.37. The first-order valence-electron chi connectivity index (χ1n) is 16.4. The minimum Gasteiger partial charge on any atom is -0.381 e. The van der Waals surface area contributed by atoms with E-state index in [0.717, 1.165) is 74.0 Å². The standard InChI is InChI=1S/C35H40FN7O3/c1-41-22-37-40-33(41)29-18-27(36)7-8-28(29)26-16-31(25-5-6-25)38-32(17-26)39-34(44)30-15-24(19-42-11-3-2-4-12-42)21-43(35(30)45)20-23-9-13-46-14-10-23/h7-8,15-18,21-23,25H,2-6,9-14,19-20H2,1H3,(H,38,39,44). The summed E-state index contributed by atoms with van der Waals surface area (Å²) in [6, 6.07) is 10.1. The van der Waals surface area contributed by atoms with Gasteiger partial charge in [0.2, 0.25) is 0 Å². The largest absolute Gasteiger partial charge is 0.381 e. The van der Waals surface area contributed by atoms with Crippen molar-refractivity contribution in [2.45, 2.75) is 64.0 Å². The number of amides is 1. The molecule has 11 heteroatoms. The highest BCUT2D eigenvalue weighted by atomic mass is 19.1. The molecule has 10 nitrogen and oxygen atoms in total. The highest BCUT2D eigenvalue weighted by Gasteiger charge is 2.27. The first-order valence-corrected chi connectivity index (χ1v) is 16.4. The lowest BCUT2D eigenvalue weighted by Gasteiger charge is -2.27. The number of carbonyl (C=O) groups is 1. The zero-order valence-corrected chi connectivity index (χ0v) is 26.3. The lowest BCUT2D eigenvalue weighted by molar-refractivity contribution is 0.0608. The van der Waals surface area contributed by atoms with Crippen molar-refractivity contribution in [3.8, 4) is 22.5 Å². The smallest absolute Gasteiger partial charge is 0.263 e. The molecule has 3 aromatic heterocycles. The molecule has 1 amide bonds. The number of hydrogen-bond acceptors (Lipinski definition) is 7. The fraction of sp³-hybridized carbons (Fsp3) is 0.457. The van der Waals surface area contributed by atoms with Crippen LogP contribution in [0.2, 0.25) is 0 Å². The Hall–Kier alpha value is -4.22. The number of likely N-dealkylation sites (tertiary alicyclic amines) is 1. The Morgan fingerprint density at radius 2 is 1.83 bits per heavy atom. The maximum Gasteiger partial charge on any atom is 0.263 e. The third-order valence-corrected chi connectivity index (χ3v) is 9.37. The van der Waals surface area contributed by atoms with E-state index in [4.69, 9.17) is 9.72 Å². The zero-order valence-electron chi connectivity index (χ0n) is 26.3. The van der Waals surface area contributed by atoms with Gasteiger partial charge in [0.1, 0.15) is 23.5 Å². The summed E-state index contributed by atoms with van der Waals surface area (Å²) in [5.74, 6) is 0.637. The number of anilines is 1. The maximum atomic E-state index is 14.5. The number of halogens is 1. The SMILES string of the molecule is Cn1cnnc1-c1cc(F)ccc1-c1cc(NC(=O)c2cc(CN3CCCCC3)cn(CC3CCOCC3)c2=O)nc(C2CC2)c1. The topological polar surface area (TPSA) is 107 Å². The van der Waals surface area contributed by atoms with Crippen molar-refractivity contribution in [3.63, 3.8) is 0 Å². The number of nitrogens with one attached hydrogen (secondary N) is 1. The molecule has 1 saturated carbocycles. The summed E-state index contributed by atoms with van der Waals surface area (Å²) < 4.78 is 23.5. The monoisotopic (exact) mass is 625 g/mol. The van der Waals surface area contributed by atoms with Gasteiger partial charge in [0.25, 0.3) is 11.5 Å². The normalized spacial score (nSPS) is 17.7. The van der Waals surface area contributed by atoms with Crippen molar-refractivity contribution in [1.82, 2.24) is 29.2 Å². The van der Waals surface area contributed by atoms with E-state index in [2.05, 4.69) is 20.4 Å². The van der Waals surface area contributed by atoms with Crippen molar-refractivity contribution in [2.24, 2.45) is 13.0 Å². The molecule has 0 radical (unpaired) electrons. The molecule has 5 heterocycles. The van der Waals surface area contributed by atoms with Gasteiger partial charge in [-0.2, -0.15) is 0 Å². The number of rotatable bonds is 9. The molecular weight excluding hydrogens is 585 g/mol. The second-order valence-corrected chi connectivity index (χ2v) is 13.0. The van der Waals surface area contributed by atoms with Crippen LogP contribution in [0, 0.1) is 11.7 Å². The van der Waals surface area contributed by atoms with Crippen molar-refractivity contribution in [2.75, 3.05) is 31.6 Å². The van der Waals surface area contributed by atoms with Crippen LogP contribution in [-0.2, 0) is 24.9 Å². The second kappa shape index (κ2) is 13.3. The Morgan fingerprint density at radius 1 is 1.02 bits per heavy atom. The molecule has 0 atom stereocenters. The molecule has 3 fully saturated rings. The van der Waals surface area contributed by atoms with Crippen molar-refractivity contribution in [3.05, 3.63) is 81.9 Å². The van der Waals surface area contributed by atoms with Crippen LogP contribution < -0.4 is 10.9 Å². The van der Waals surface area contributed by atoms with Gasteiger partial charge in [0.15, 0.2) is 5.82 Å². The predicted octanol–water partition coefficient (Wildman–Crippen LogP) is 5.39. The molecule has 0 unspecified atom stereocenters. The van der Waals surface area contributed by atoms with Gasteiger partial charge >= 0.3 is 0 Å². The minimum absolute atomic E-state index is 0.114. The molecule has 240 valence electrons. The molecule has 3 aliphatic rings. The average Bonchev–Trinajstić information content (AvgIpc) is 3.83. The Bertz CT molecular complexity index is 1790. The average molecular weight is 626 g/mol. The van der Waals surface area contributed by atoms with Crippen LogP contribution in [0.3, 0.4) is 0 Å². The van der Waals surface area contributed by atoms with Gasteiger partial charge in [-0.1, -0.05) is 12.5 Å². The quantitative estimate of drug-likeness (QED) is 0.266. The van der Waals surface area contributed by atoms with Crippen LogP contribution in [0.25, 0.3) is 22.5 Å². The number of carbonyl (C=O) groups excluding carboxylic acids is 1. The Balaban J connectivity index is 1.23. The second-order valence-electron chi connectivity index (χ2n) is 13.0. The van der Waals surface area contributed by atoms with Gasteiger partial charge < -0.3 is 19.2 Å². The fourth-order valence-electron chi connectivity index (χ4n) is 6.69. The summed E-state index contributed by atoms with van der Waals surface area (Å²) in [4.78, 5) is 35.0. The predicted molar refractivity (Wildman–Crippen MR) is 173 cm³/mol. The molecular formula is C35H40FN7O3. The molecule has 1 aromatic carbocycles. The van der Waals surface area contributed by atoms with Crippen molar-refractivity contribution in [1.29, 1.82) is 0 Å². The summed E-state index contributed by atoms with van der Waals surface area (Å²) in [7, 11) is 1.81. The number of ether oxygens (including phenoxy) is 1. The molecule has 4 aromatic rings. The summed E-state index contributed by atoms with van der Waals surface area (Å²) in [5, 5.41) is 11.2. The molecule has 2 saturated heterocycles. The number of aryl methyl sites for hydroxylation is 1. The molecule has 1 N–H and O–H groups in total. The van der Waals surface area contributed by atoms with E-state index in [1.54, 1.807) is 33.7 Å². The Labute approximate surface area is 267 Å². The first kappa shape index (κ1) is 30.4. The minimum atomic E-state index is -0.481. The van der Waals surface area contributed by atoms with E-state index >= 15 is 0 Å². The number of pyridine rings is 2. The summed E-state index contributed by atoms with van der Waals surface area (Å²) in [6.45, 7) is 4.67. The van der Waals surface area contributed by atoms with E-state index in [9.17, 15) is 14.0 Å².